The van der Waals surface area contributed by atoms with Crippen LogP contribution in [0.5, 0.6) is 0 Å². The number of hydrazine groups is 2. The summed E-state index contributed by atoms with van der Waals surface area (Å²) in [4.78, 5) is 26.5. The van der Waals surface area contributed by atoms with Gasteiger partial charge in [0.1, 0.15) is 0 Å². The molecular formula is C17H13F3N4O3. The van der Waals surface area contributed by atoms with E-state index in [0.717, 1.165) is 34.2 Å². The molecule has 0 aliphatic carbocycles. The van der Waals surface area contributed by atoms with Crippen LogP contribution in [0.2, 0.25) is 0 Å². The van der Waals surface area contributed by atoms with Gasteiger partial charge in [-0.2, -0.15) is 18.2 Å². The van der Waals surface area contributed by atoms with Crippen molar-refractivity contribution in [2.45, 2.75) is 12.3 Å². The van der Waals surface area contributed by atoms with Crippen molar-refractivity contribution in [3.05, 3.63) is 59.7 Å². The lowest BCUT2D eigenvalue weighted by Crippen LogP contribution is -2.55. The fourth-order valence-corrected chi connectivity index (χ4v) is 3.23. The van der Waals surface area contributed by atoms with Gasteiger partial charge >= 0.3 is 6.18 Å². The van der Waals surface area contributed by atoms with E-state index >= 15 is 0 Å². The molecule has 2 amide bonds. The molecule has 7 nitrogen and oxygen atoms in total. The normalized spacial score (nSPS) is 20.2. The monoisotopic (exact) mass is 378 g/mol. The van der Waals surface area contributed by atoms with Gasteiger partial charge in [-0.25, -0.2) is 5.01 Å². The quantitative estimate of drug-likeness (QED) is 0.826. The number of hydrogen-bond acceptors (Lipinski definition) is 5. The SMILES string of the molecule is CN1C(=O)c2ccccc2N2C1C(=O)N(c1ccc(C(F)(F)F)cc1)N2O. The first-order valence-corrected chi connectivity index (χ1v) is 7.87. The van der Waals surface area contributed by atoms with Crippen LogP contribution in [0, 0.1) is 0 Å². The van der Waals surface area contributed by atoms with E-state index in [4.69, 9.17) is 0 Å². The molecule has 1 saturated heterocycles. The van der Waals surface area contributed by atoms with Crippen molar-refractivity contribution in [1.82, 2.24) is 10.2 Å². The number of para-hydroxylation sites is 1. The Morgan fingerprint density at radius 2 is 1.63 bits per heavy atom. The van der Waals surface area contributed by atoms with Gasteiger partial charge in [0, 0.05) is 12.3 Å². The number of alkyl halides is 3. The van der Waals surface area contributed by atoms with Gasteiger partial charge in [-0.05, 0) is 36.4 Å². The zero-order chi connectivity index (χ0) is 19.5. The van der Waals surface area contributed by atoms with Crippen LogP contribution < -0.4 is 10.0 Å². The smallest absolute Gasteiger partial charge is 0.312 e. The van der Waals surface area contributed by atoms with E-state index in [-0.39, 0.29) is 11.3 Å². The third-order valence-electron chi connectivity index (χ3n) is 4.54. The lowest BCUT2D eigenvalue weighted by molar-refractivity contribution is -0.137. The van der Waals surface area contributed by atoms with Crippen LogP contribution in [-0.2, 0) is 11.0 Å². The summed E-state index contributed by atoms with van der Waals surface area (Å²) in [6.45, 7) is 0. The van der Waals surface area contributed by atoms with Gasteiger partial charge in [-0.15, -0.1) is 0 Å². The first kappa shape index (κ1) is 17.3. The minimum Gasteiger partial charge on any atom is -0.312 e. The maximum atomic E-state index is 12.9. The summed E-state index contributed by atoms with van der Waals surface area (Å²) in [5.74, 6) is -1.08. The van der Waals surface area contributed by atoms with Crippen molar-refractivity contribution in [3.63, 3.8) is 0 Å². The van der Waals surface area contributed by atoms with E-state index < -0.39 is 29.7 Å². The average Bonchev–Trinajstić information content (AvgIpc) is 2.90. The number of likely N-dealkylation sites (N-methyl/N-ethyl adjacent to an activating group) is 1. The van der Waals surface area contributed by atoms with Gasteiger partial charge in [-0.3, -0.25) is 14.8 Å². The molecule has 140 valence electrons. The summed E-state index contributed by atoms with van der Waals surface area (Å²) in [5, 5.41) is 13.1. The van der Waals surface area contributed by atoms with E-state index in [0.29, 0.717) is 11.0 Å². The second-order valence-corrected chi connectivity index (χ2v) is 6.11. The minimum atomic E-state index is -4.52. The number of anilines is 2. The second kappa shape index (κ2) is 5.69. The molecule has 2 aliphatic rings. The predicted octanol–water partition coefficient (Wildman–Crippen LogP) is 2.49. The molecule has 0 spiro atoms. The van der Waals surface area contributed by atoms with Crippen molar-refractivity contribution in [3.8, 4) is 0 Å². The number of amides is 2. The lowest BCUT2D eigenvalue weighted by Gasteiger charge is -2.38. The number of carbonyl (C=O) groups excluding carboxylic acids is 2. The lowest BCUT2D eigenvalue weighted by atomic mass is 10.1. The summed E-state index contributed by atoms with van der Waals surface area (Å²) in [6, 6.07) is 10.2. The number of fused-ring (bicyclic) bond motifs is 3. The molecule has 1 N–H and O–H groups in total. The molecule has 10 heteroatoms. The molecule has 0 bridgehead atoms. The largest absolute Gasteiger partial charge is 0.416 e. The molecule has 2 aromatic rings. The van der Waals surface area contributed by atoms with Crippen molar-refractivity contribution in [1.29, 1.82) is 0 Å². The van der Waals surface area contributed by atoms with Gasteiger partial charge in [-0.1, -0.05) is 12.1 Å². The fraction of sp³-hybridized carbons (Fsp3) is 0.176. The van der Waals surface area contributed by atoms with Crippen LogP contribution in [0.25, 0.3) is 0 Å². The van der Waals surface area contributed by atoms with Gasteiger partial charge in [0.25, 0.3) is 11.8 Å². The molecular weight excluding hydrogens is 365 g/mol. The highest BCUT2D eigenvalue weighted by molar-refractivity contribution is 6.10. The molecule has 4 rings (SSSR count). The van der Waals surface area contributed by atoms with E-state index in [9.17, 15) is 28.0 Å². The summed E-state index contributed by atoms with van der Waals surface area (Å²) in [7, 11) is 1.41. The Morgan fingerprint density at radius 3 is 2.26 bits per heavy atom. The van der Waals surface area contributed by atoms with Crippen LogP contribution in [0.4, 0.5) is 24.5 Å². The molecule has 1 unspecified atom stereocenters. The molecule has 1 atom stereocenters. The van der Waals surface area contributed by atoms with Crippen molar-refractivity contribution in [2.24, 2.45) is 0 Å². The van der Waals surface area contributed by atoms with Crippen LogP contribution in [0.15, 0.2) is 48.5 Å². The highest BCUT2D eigenvalue weighted by atomic mass is 19.4. The molecule has 2 heterocycles. The number of carbonyl (C=O) groups is 2. The zero-order valence-corrected chi connectivity index (χ0v) is 13.9. The van der Waals surface area contributed by atoms with E-state index in [2.05, 4.69) is 0 Å². The Hall–Kier alpha value is -3.11. The van der Waals surface area contributed by atoms with Crippen molar-refractivity contribution in [2.75, 3.05) is 17.1 Å². The van der Waals surface area contributed by atoms with Crippen LogP contribution in [-0.4, -0.2) is 40.4 Å². The Bertz CT molecular complexity index is 932. The maximum Gasteiger partial charge on any atom is 0.416 e. The third-order valence-corrected chi connectivity index (χ3v) is 4.54. The topological polar surface area (TPSA) is 67.3 Å². The van der Waals surface area contributed by atoms with Crippen LogP contribution in [0.3, 0.4) is 0 Å². The van der Waals surface area contributed by atoms with E-state index in [1.54, 1.807) is 24.3 Å². The first-order chi connectivity index (χ1) is 12.7. The standard InChI is InChI=1S/C17H13F3N4O3/c1-21-14-16(26)22(11-8-6-10(7-9-11)17(18,19)20)24(27)23(14)13-5-3-2-4-12(13)15(21)25/h2-9,14,27H,1H3. The minimum absolute atomic E-state index is 0.0308. The molecule has 0 aromatic heterocycles. The van der Waals surface area contributed by atoms with Crippen molar-refractivity contribution < 1.29 is 28.0 Å². The Kier molecular flexibility index (Phi) is 3.65. The molecule has 2 aliphatic heterocycles. The number of nitrogens with zero attached hydrogens (tertiary/aromatic N) is 4. The van der Waals surface area contributed by atoms with Gasteiger partial charge in [0.15, 0.2) is 0 Å². The van der Waals surface area contributed by atoms with Gasteiger partial charge in [0.2, 0.25) is 6.17 Å². The Balaban J connectivity index is 1.77. The molecule has 2 aromatic carbocycles. The summed E-state index contributed by atoms with van der Waals surface area (Å²) >= 11 is 0. The van der Waals surface area contributed by atoms with Gasteiger partial charge < -0.3 is 4.90 Å². The fourth-order valence-electron chi connectivity index (χ4n) is 3.23. The molecule has 0 saturated carbocycles. The summed E-state index contributed by atoms with van der Waals surface area (Å²) < 4.78 is 38.3. The van der Waals surface area contributed by atoms with Gasteiger partial charge in [0.05, 0.1) is 22.5 Å². The number of rotatable bonds is 1. The highest BCUT2D eigenvalue weighted by Gasteiger charge is 2.53. The zero-order valence-electron chi connectivity index (χ0n) is 13.9. The Morgan fingerprint density at radius 1 is 1.00 bits per heavy atom. The Labute approximate surface area is 151 Å². The predicted molar refractivity (Wildman–Crippen MR) is 87.4 cm³/mol. The highest BCUT2D eigenvalue weighted by Crippen LogP contribution is 2.38. The summed E-state index contributed by atoms with van der Waals surface area (Å²) in [6.07, 6.45) is -5.67. The average molecular weight is 378 g/mol. The van der Waals surface area contributed by atoms with E-state index in [1.807, 2.05) is 0 Å². The molecule has 27 heavy (non-hydrogen) atoms. The van der Waals surface area contributed by atoms with Crippen LogP contribution >= 0.6 is 0 Å². The molecule has 0 radical (unpaired) electrons. The maximum absolute atomic E-state index is 12.9. The van der Waals surface area contributed by atoms with E-state index in [1.165, 1.54) is 12.1 Å². The first-order valence-electron chi connectivity index (χ1n) is 7.87. The summed E-state index contributed by atoms with van der Waals surface area (Å²) in [5.41, 5.74) is -0.241. The number of hydrogen-bond donors (Lipinski definition) is 1. The third kappa shape index (κ3) is 2.45. The van der Waals surface area contributed by atoms with Crippen molar-refractivity contribution >= 4 is 23.2 Å². The second-order valence-electron chi connectivity index (χ2n) is 6.11. The van der Waals surface area contributed by atoms with Crippen LogP contribution in [0.1, 0.15) is 15.9 Å². The number of halogens is 3. The number of benzene rings is 2. The molecule has 1 fully saturated rings.